The predicted octanol–water partition coefficient (Wildman–Crippen LogP) is 4.23. The average Bonchev–Trinajstić information content (AvgIpc) is 2.85. The van der Waals surface area contributed by atoms with Crippen LogP contribution in [0, 0.1) is 0 Å². The molecule has 1 atom stereocenters. The van der Waals surface area contributed by atoms with Gasteiger partial charge >= 0.3 is 0 Å². The molecular weight excluding hydrogens is 444 g/mol. The Morgan fingerprint density at radius 3 is 1.97 bits per heavy atom. The van der Waals surface area contributed by atoms with Gasteiger partial charge in [-0.05, 0) is 18.4 Å². The molecule has 0 aliphatic carbocycles. The molecule has 0 unspecified atom stereocenters. The Balaban J connectivity index is -0.000000524. The molecule has 0 radical (unpaired) electrons. The molecular formula is C27H54N4O4. The smallest absolute Gasteiger partial charge is 0.242 e. The molecule has 0 aromatic heterocycles. The third-order valence-electron chi connectivity index (χ3n) is 4.91. The summed E-state index contributed by atoms with van der Waals surface area (Å²) >= 11 is 0. The summed E-state index contributed by atoms with van der Waals surface area (Å²) in [5.41, 5.74) is 0.925. The highest BCUT2D eigenvalue weighted by Crippen LogP contribution is 2.04. The second-order valence-corrected chi connectivity index (χ2v) is 8.53. The predicted molar refractivity (Wildman–Crippen MR) is 149 cm³/mol. The zero-order valence-corrected chi connectivity index (χ0v) is 22.1. The summed E-state index contributed by atoms with van der Waals surface area (Å²) in [6, 6.07) is 8.69. The lowest BCUT2D eigenvalue weighted by Crippen LogP contribution is -2.51. The summed E-state index contributed by atoms with van der Waals surface area (Å²) in [5, 5.41) is 10.6. The Morgan fingerprint density at radius 2 is 1.34 bits per heavy atom. The highest BCUT2D eigenvalue weighted by molar-refractivity contribution is 5.91. The summed E-state index contributed by atoms with van der Waals surface area (Å²) in [4.78, 5) is 48.5. The van der Waals surface area contributed by atoms with Crippen molar-refractivity contribution in [2.75, 3.05) is 19.6 Å². The van der Waals surface area contributed by atoms with E-state index >= 15 is 0 Å². The number of unbranched alkanes of at least 4 members (excludes halogenated alkanes) is 4. The van der Waals surface area contributed by atoms with Crippen LogP contribution in [0.4, 0.5) is 0 Å². The van der Waals surface area contributed by atoms with Gasteiger partial charge in [0.15, 0.2) is 0 Å². The first-order chi connectivity index (χ1) is 16.9. The van der Waals surface area contributed by atoms with Gasteiger partial charge in [0.1, 0.15) is 6.04 Å². The molecule has 1 rings (SSSR count). The van der Waals surface area contributed by atoms with Gasteiger partial charge in [-0.15, -0.1) is 0 Å². The first kappa shape index (κ1) is 32.1. The van der Waals surface area contributed by atoms with Crippen LogP contribution in [0.3, 0.4) is 0 Å². The number of rotatable bonds is 16. The van der Waals surface area contributed by atoms with Crippen LogP contribution in [0.25, 0.3) is 0 Å². The van der Waals surface area contributed by atoms with Crippen LogP contribution in [-0.4, -0.2) is 49.3 Å². The van der Waals surface area contributed by atoms with Gasteiger partial charge < -0.3 is 21.3 Å². The molecule has 4 N–H and O–H groups in total. The van der Waals surface area contributed by atoms with Crippen molar-refractivity contribution in [2.45, 2.75) is 91.5 Å². The van der Waals surface area contributed by atoms with Gasteiger partial charge in [-0.3, -0.25) is 19.2 Å². The summed E-state index contributed by atoms with van der Waals surface area (Å²) in [5.74, 6) is -1.34. The number of carbonyl (C=O) groups excluding carboxylic acids is 4. The molecule has 0 saturated heterocycles. The second kappa shape index (κ2) is 21.6. The first-order valence-corrected chi connectivity index (χ1v) is 13.0. The van der Waals surface area contributed by atoms with Crippen molar-refractivity contribution >= 4 is 23.6 Å². The number of carbonyl (C=O) groups is 4. The maximum Gasteiger partial charge on any atom is 0.242 e. The Hall–Kier alpha value is -2.90. The number of amides is 4. The summed E-state index contributed by atoms with van der Waals surface area (Å²) in [7, 11) is 0. The van der Waals surface area contributed by atoms with E-state index in [0.717, 1.165) is 44.1 Å². The van der Waals surface area contributed by atoms with Crippen LogP contribution in [-0.2, 0) is 25.6 Å². The Kier molecular flexibility index (Phi) is 19.8. The highest BCUT2D eigenvalue weighted by atomic mass is 16.2. The van der Waals surface area contributed by atoms with E-state index in [1.807, 2.05) is 37.3 Å². The van der Waals surface area contributed by atoms with Crippen molar-refractivity contribution in [3.63, 3.8) is 0 Å². The molecule has 0 saturated carbocycles. The summed E-state index contributed by atoms with van der Waals surface area (Å²) in [6.45, 7) is 8.49. The molecule has 1 aromatic carbocycles. The van der Waals surface area contributed by atoms with Crippen molar-refractivity contribution in [2.24, 2.45) is 0 Å². The Labute approximate surface area is 217 Å². The summed E-state index contributed by atoms with van der Waals surface area (Å²) < 4.78 is 0. The molecule has 0 fully saturated rings. The van der Waals surface area contributed by atoms with Crippen LogP contribution in [0.5, 0.6) is 0 Å². The number of hydrogen-bond acceptors (Lipinski definition) is 4. The number of nitrogens with one attached hydrogen (secondary N) is 4. The van der Waals surface area contributed by atoms with Gasteiger partial charge in [0.2, 0.25) is 23.6 Å². The summed E-state index contributed by atoms with van der Waals surface area (Å²) in [6.07, 6.45) is 7.78. The first-order valence-electron chi connectivity index (χ1n) is 13.0. The van der Waals surface area contributed by atoms with E-state index in [4.69, 9.17) is 0 Å². The lowest BCUT2D eigenvalue weighted by molar-refractivity contribution is -0.130. The van der Waals surface area contributed by atoms with Crippen LogP contribution < -0.4 is 21.3 Å². The van der Waals surface area contributed by atoms with E-state index in [-0.39, 0.29) is 30.6 Å². The minimum absolute atomic E-state index is 0. The van der Waals surface area contributed by atoms with Gasteiger partial charge in [0, 0.05) is 25.1 Å². The lowest BCUT2D eigenvalue weighted by atomic mass is 10.1. The SMILES string of the molecule is CCC.CCCCCCC(=O)NCC(=O)NCC(=O)N[C@@H](Cc1ccccc1)C(=O)NCCCC.[HH].[HH].[HH].[HH]. The standard InChI is InChI=1S/C24H38N4O4.C3H8.4H2/c1-3-5-7-11-14-21(29)26-17-22(30)27-18-23(31)28-20(24(32)25-15-6-4-2)16-19-12-9-8-10-13-19;1-3-2;;;;/h8-10,12-13,20H,3-7,11,14-18H2,1-2H3,(H,25,32)(H,26,29)(H,27,30)(H,28,31);3H2,1-2H3;4*1H/t20-;;;;;/m0...../s1. The van der Waals surface area contributed by atoms with Gasteiger partial charge in [0.05, 0.1) is 13.1 Å². The monoisotopic (exact) mass is 498 g/mol. The van der Waals surface area contributed by atoms with Crippen LogP contribution in [0.15, 0.2) is 30.3 Å². The van der Waals surface area contributed by atoms with Crippen molar-refractivity contribution in [3.05, 3.63) is 35.9 Å². The number of benzene rings is 1. The maximum atomic E-state index is 12.5. The second-order valence-electron chi connectivity index (χ2n) is 8.53. The van der Waals surface area contributed by atoms with Crippen molar-refractivity contribution in [3.8, 4) is 0 Å². The maximum absolute atomic E-state index is 12.5. The quantitative estimate of drug-likeness (QED) is 0.255. The zero-order valence-electron chi connectivity index (χ0n) is 22.1. The van der Waals surface area contributed by atoms with Crippen molar-refractivity contribution < 1.29 is 24.9 Å². The Bertz CT molecular complexity index is 744. The third kappa shape index (κ3) is 18.1. The molecule has 206 valence electrons. The molecule has 35 heavy (non-hydrogen) atoms. The van der Waals surface area contributed by atoms with Crippen LogP contribution in [0.1, 0.15) is 90.3 Å². The molecule has 0 spiro atoms. The van der Waals surface area contributed by atoms with E-state index in [0.29, 0.717) is 19.4 Å². The van der Waals surface area contributed by atoms with Gasteiger partial charge in [-0.25, -0.2) is 0 Å². The highest BCUT2D eigenvalue weighted by Gasteiger charge is 2.21. The van der Waals surface area contributed by atoms with E-state index in [1.165, 1.54) is 6.42 Å². The molecule has 0 aliphatic heterocycles. The van der Waals surface area contributed by atoms with Gasteiger partial charge in [0.25, 0.3) is 0 Å². The fourth-order valence-corrected chi connectivity index (χ4v) is 3.04. The normalized spacial score (nSPS) is 10.9. The minimum atomic E-state index is -0.735. The molecule has 8 nitrogen and oxygen atoms in total. The molecule has 0 aliphatic rings. The average molecular weight is 499 g/mol. The van der Waals surface area contributed by atoms with E-state index in [9.17, 15) is 19.2 Å². The molecule has 0 bridgehead atoms. The molecule has 4 amide bonds. The van der Waals surface area contributed by atoms with Crippen LogP contribution >= 0.6 is 0 Å². The van der Waals surface area contributed by atoms with Crippen LogP contribution in [0.2, 0.25) is 0 Å². The van der Waals surface area contributed by atoms with E-state index in [1.54, 1.807) is 0 Å². The Morgan fingerprint density at radius 1 is 0.743 bits per heavy atom. The fraction of sp³-hybridized carbons (Fsp3) is 0.630. The lowest BCUT2D eigenvalue weighted by Gasteiger charge is -2.19. The molecule has 8 heteroatoms. The van der Waals surface area contributed by atoms with Gasteiger partial charge in [-0.2, -0.15) is 0 Å². The largest absolute Gasteiger partial charge is 0.354 e. The zero-order chi connectivity index (χ0) is 26.3. The number of hydrogen-bond donors (Lipinski definition) is 4. The van der Waals surface area contributed by atoms with E-state index < -0.39 is 17.9 Å². The third-order valence-corrected chi connectivity index (χ3v) is 4.91. The fourth-order valence-electron chi connectivity index (χ4n) is 3.04. The molecule has 0 heterocycles. The van der Waals surface area contributed by atoms with E-state index in [2.05, 4.69) is 42.0 Å². The van der Waals surface area contributed by atoms with Crippen molar-refractivity contribution in [1.29, 1.82) is 0 Å². The topological polar surface area (TPSA) is 116 Å². The van der Waals surface area contributed by atoms with Crippen molar-refractivity contribution in [1.82, 2.24) is 21.3 Å². The van der Waals surface area contributed by atoms with Gasteiger partial charge in [-0.1, -0.05) is 90.1 Å². The minimum Gasteiger partial charge on any atom is -0.354 e. The molecule has 1 aromatic rings.